The fraction of sp³-hybridized carbons (Fsp3) is 0.500. The van der Waals surface area contributed by atoms with Crippen molar-refractivity contribution < 1.29 is 14.6 Å². The van der Waals surface area contributed by atoms with E-state index in [1.54, 1.807) is 12.1 Å². The van der Waals surface area contributed by atoms with Crippen LogP contribution in [0.3, 0.4) is 0 Å². The molecule has 1 aliphatic rings. The summed E-state index contributed by atoms with van der Waals surface area (Å²) in [6.07, 6.45) is 6.17. The Balaban J connectivity index is 1.85. The summed E-state index contributed by atoms with van der Waals surface area (Å²) >= 11 is 0. The smallest absolute Gasteiger partial charge is 0.292 e. The van der Waals surface area contributed by atoms with Gasteiger partial charge in [-0.25, -0.2) is 4.79 Å². The molecule has 0 heterocycles. The summed E-state index contributed by atoms with van der Waals surface area (Å²) in [5.74, 6) is 0.0347. The van der Waals surface area contributed by atoms with Crippen molar-refractivity contribution in [3.63, 3.8) is 0 Å². The molecule has 0 aliphatic heterocycles. The summed E-state index contributed by atoms with van der Waals surface area (Å²) < 4.78 is 0. The van der Waals surface area contributed by atoms with E-state index >= 15 is 0 Å². The van der Waals surface area contributed by atoms with Crippen LogP contribution in [0, 0.1) is 6.10 Å². The molecule has 0 spiro atoms. The van der Waals surface area contributed by atoms with Crippen LogP contribution in [0.4, 0.5) is 0 Å². The van der Waals surface area contributed by atoms with Gasteiger partial charge in [0.1, 0.15) is 6.10 Å². The molecule has 1 aliphatic carbocycles. The lowest BCUT2D eigenvalue weighted by Gasteiger charge is -2.18. The summed E-state index contributed by atoms with van der Waals surface area (Å²) in [7, 11) is 0. The summed E-state index contributed by atoms with van der Waals surface area (Å²) in [6.45, 7) is 4.24. The average molecular weight is 261 g/mol. The molecule has 0 amide bonds. The topological polar surface area (TPSA) is 35.5 Å². The normalized spacial score (nSPS) is 16.6. The van der Waals surface area contributed by atoms with Crippen LogP contribution < -0.4 is 0 Å². The molecule has 0 bridgehead atoms. The van der Waals surface area contributed by atoms with Crippen LogP contribution >= 0.6 is 0 Å². The molecule has 0 aromatic heterocycles. The molecule has 0 N–H and O–H groups in total. The molecular weight excluding hydrogens is 240 g/mol. The number of benzene rings is 1. The summed E-state index contributed by atoms with van der Waals surface area (Å²) in [6, 6.07) is 7.48. The van der Waals surface area contributed by atoms with E-state index in [-0.39, 0.29) is 0 Å². The molecule has 1 saturated carbocycles. The SMILES string of the molecule is CC(C)c1ccc(C(=O)OO[C]2CCCCC2)cc1. The zero-order valence-electron chi connectivity index (χ0n) is 11.6. The molecule has 0 unspecified atom stereocenters. The first-order valence-electron chi connectivity index (χ1n) is 7.00. The van der Waals surface area contributed by atoms with E-state index in [0.717, 1.165) is 31.8 Å². The van der Waals surface area contributed by atoms with Gasteiger partial charge in [0.25, 0.3) is 0 Å². The first-order chi connectivity index (χ1) is 9.16. The van der Waals surface area contributed by atoms with Gasteiger partial charge >= 0.3 is 5.97 Å². The van der Waals surface area contributed by atoms with Gasteiger partial charge in [0.15, 0.2) is 0 Å². The van der Waals surface area contributed by atoms with E-state index in [1.165, 1.54) is 12.0 Å². The third kappa shape index (κ3) is 4.06. The Morgan fingerprint density at radius 2 is 1.68 bits per heavy atom. The van der Waals surface area contributed by atoms with Gasteiger partial charge in [0, 0.05) is 0 Å². The minimum absolute atomic E-state index is 0.423. The largest absolute Gasteiger partial charge is 0.373 e. The lowest BCUT2D eigenvalue weighted by molar-refractivity contribution is -0.239. The second-order valence-corrected chi connectivity index (χ2v) is 5.33. The Hall–Kier alpha value is -1.35. The molecule has 19 heavy (non-hydrogen) atoms. The molecule has 0 saturated heterocycles. The molecule has 3 nitrogen and oxygen atoms in total. The van der Waals surface area contributed by atoms with Gasteiger partial charge in [0.2, 0.25) is 0 Å². The number of rotatable bonds is 4. The second-order valence-electron chi connectivity index (χ2n) is 5.33. The molecule has 1 aromatic carbocycles. The highest BCUT2D eigenvalue weighted by Crippen LogP contribution is 2.26. The Morgan fingerprint density at radius 3 is 2.26 bits per heavy atom. The van der Waals surface area contributed by atoms with E-state index in [0.29, 0.717) is 11.5 Å². The van der Waals surface area contributed by atoms with Crippen molar-refractivity contribution in [3.05, 3.63) is 41.5 Å². The van der Waals surface area contributed by atoms with Gasteiger partial charge in [-0.1, -0.05) is 45.2 Å². The van der Waals surface area contributed by atoms with E-state index in [2.05, 4.69) is 13.8 Å². The van der Waals surface area contributed by atoms with Gasteiger partial charge < -0.3 is 0 Å². The van der Waals surface area contributed by atoms with Gasteiger partial charge in [-0.3, -0.25) is 4.89 Å². The maximum absolute atomic E-state index is 11.8. The van der Waals surface area contributed by atoms with Crippen LogP contribution in [-0.2, 0) is 9.78 Å². The Bertz CT molecular complexity index is 403. The zero-order valence-corrected chi connectivity index (χ0v) is 11.6. The van der Waals surface area contributed by atoms with Crippen molar-refractivity contribution >= 4 is 5.97 Å². The summed E-state index contributed by atoms with van der Waals surface area (Å²) in [5.41, 5.74) is 1.74. The molecule has 2 rings (SSSR count). The second kappa shape index (κ2) is 6.71. The maximum atomic E-state index is 11.8. The van der Waals surface area contributed by atoms with Crippen LogP contribution in [0.25, 0.3) is 0 Å². The van der Waals surface area contributed by atoms with Crippen molar-refractivity contribution in [3.8, 4) is 0 Å². The molecule has 0 atom stereocenters. The number of carbonyl (C=O) groups is 1. The number of hydrogen-bond acceptors (Lipinski definition) is 3. The maximum Gasteiger partial charge on any atom is 0.373 e. The van der Waals surface area contributed by atoms with E-state index < -0.39 is 5.97 Å². The fourth-order valence-electron chi connectivity index (χ4n) is 2.18. The van der Waals surface area contributed by atoms with Crippen LogP contribution in [-0.4, -0.2) is 5.97 Å². The fourth-order valence-corrected chi connectivity index (χ4v) is 2.18. The van der Waals surface area contributed by atoms with E-state index in [9.17, 15) is 4.79 Å². The quantitative estimate of drug-likeness (QED) is 0.595. The monoisotopic (exact) mass is 261 g/mol. The minimum Gasteiger partial charge on any atom is -0.292 e. The highest BCUT2D eigenvalue weighted by molar-refractivity contribution is 5.88. The molecule has 1 radical (unpaired) electrons. The van der Waals surface area contributed by atoms with Crippen molar-refractivity contribution in [1.29, 1.82) is 0 Å². The summed E-state index contributed by atoms with van der Waals surface area (Å²) in [4.78, 5) is 21.8. The predicted molar refractivity (Wildman–Crippen MR) is 73.4 cm³/mol. The highest BCUT2D eigenvalue weighted by atomic mass is 17.2. The number of hydrogen-bond donors (Lipinski definition) is 0. The van der Waals surface area contributed by atoms with Gasteiger partial charge in [-0.2, -0.15) is 4.89 Å². The molecule has 3 heteroatoms. The summed E-state index contributed by atoms with van der Waals surface area (Å²) in [5, 5.41) is 0. The average Bonchev–Trinajstić information content (AvgIpc) is 2.46. The first kappa shape index (κ1) is 14.1. The highest BCUT2D eigenvalue weighted by Gasteiger charge is 2.18. The lowest BCUT2D eigenvalue weighted by atomic mass is 9.98. The predicted octanol–water partition coefficient (Wildman–Crippen LogP) is 4.39. The molecular formula is C16H21O3. The van der Waals surface area contributed by atoms with Crippen molar-refractivity contribution in [2.75, 3.05) is 0 Å². The zero-order chi connectivity index (χ0) is 13.7. The van der Waals surface area contributed by atoms with Crippen molar-refractivity contribution in [2.24, 2.45) is 0 Å². The molecule has 103 valence electrons. The standard InChI is InChI=1S/C16H21O3/c1-12(2)13-8-10-14(11-9-13)16(17)19-18-15-6-4-3-5-7-15/h8-12H,3-7H2,1-2H3. The Morgan fingerprint density at radius 1 is 1.05 bits per heavy atom. The van der Waals surface area contributed by atoms with E-state index in [1.807, 2.05) is 12.1 Å². The van der Waals surface area contributed by atoms with Gasteiger partial charge in [0.05, 0.1) is 5.56 Å². The first-order valence-corrected chi connectivity index (χ1v) is 7.00. The van der Waals surface area contributed by atoms with Crippen LogP contribution in [0.5, 0.6) is 0 Å². The van der Waals surface area contributed by atoms with Gasteiger partial charge in [-0.15, -0.1) is 0 Å². The molecule has 1 aromatic rings. The Kier molecular flexibility index (Phi) is 4.97. The van der Waals surface area contributed by atoms with Crippen molar-refractivity contribution in [2.45, 2.75) is 51.9 Å². The molecule has 1 fully saturated rings. The van der Waals surface area contributed by atoms with Crippen LogP contribution in [0.2, 0.25) is 0 Å². The third-order valence-electron chi connectivity index (χ3n) is 3.46. The van der Waals surface area contributed by atoms with Crippen LogP contribution in [0.1, 0.15) is 67.8 Å². The van der Waals surface area contributed by atoms with E-state index in [4.69, 9.17) is 9.78 Å². The van der Waals surface area contributed by atoms with Gasteiger partial charge in [-0.05, 0) is 36.5 Å². The number of carbonyl (C=O) groups excluding carboxylic acids is 1. The lowest BCUT2D eigenvalue weighted by Crippen LogP contribution is -2.13. The third-order valence-corrected chi connectivity index (χ3v) is 3.46. The Labute approximate surface area is 114 Å². The van der Waals surface area contributed by atoms with Crippen LogP contribution in [0.15, 0.2) is 24.3 Å². The minimum atomic E-state index is -0.423. The van der Waals surface area contributed by atoms with Crippen molar-refractivity contribution in [1.82, 2.24) is 0 Å².